The van der Waals surface area contributed by atoms with Gasteiger partial charge in [-0.3, -0.25) is 0 Å². The van der Waals surface area contributed by atoms with Crippen LogP contribution >= 0.6 is 0 Å². The fourth-order valence-corrected chi connectivity index (χ4v) is 3.89. The van der Waals surface area contributed by atoms with Crippen molar-refractivity contribution in [2.75, 3.05) is 18.6 Å². The molecule has 0 amide bonds. The maximum Gasteiger partial charge on any atom is 0.213 e. The quantitative estimate of drug-likeness (QED) is 0.562. The van der Waals surface area contributed by atoms with E-state index >= 15 is 0 Å². The third kappa shape index (κ3) is 2.64. The fourth-order valence-electron chi connectivity index (χ4n) is 3.89. The minimum absolute atomic E-state index is 0.400. The molecule has 0 N–H and O–H groups in total. The number of benzene rings is 2. The van der Waals surface area contributed by atoms with Crippen LogP contribution in [0.3, 0.4) is 0 Å². The predicted molar refractivity (Wildman–Crippen MR) is 105 cm³/mol. The molecule has 2 aromatic carbocycles. The molecular formula is C21H21N5O. The first-order valence-electron chi connectivity index (χ1n) is 9.19. The largest absolute Gasteiger partial charge is 0.377 e. The molecule has 2 aromatic heterocycles. The van der Waals surface area contributed by atoms with Gasteiger partial charge in [-0.25, -0.2) is 9.38 Å². The molecule has 0 saturated heterocycles. The lowest BCUT2D eigenvalue weighted by atomic mass is 10.0. The van der Waals surface area contributed by atoms with Gasteiger partial charge in [-0.05, 0) is 36.6 Å². The monoisotopic (exact) mass is 359 g/mol. The van der Waals surface area contributed by atoms with Crippen LogP contribution in [0.5, 0.6) is 0 Å². The summed E-state index contributed by atoms with van der Waals surface area (Å²) in [5.74, 6) is 1.66. The second-order valence-corrected chi connectivity index (χ2v) is 7.08. The maximum absolute atomic E-state index is 5.36. The zero-order valence-electron chi connectivity index (χ0n) is 15.5. The topological polar surface area (TPSA) is 55.6 Å². The van der Waals surface area contributed by atoms with Crippen molar-refractivity contribution in [2.24, 2.45) is 0 Å². The van der Waals surface area contributed by atoms with Gasteiger partial charge in [0.15, 0.2) is 11.5 Å². The summed E-state index contributed by atoms with van der Waals surface area (Å²) in [6.45, 7) is 4.23. The number of rotatable bonds is 3. The van der Waals surface area contributed by atoms with Gasteiger partial charge in [0.05, 0.1) is 5.52 Å². The van der Waals surface area contributed by atoms with Crippen molar-refractivity contribution in [2.45, 2.75) is 26.5 Å². The Morgan fingerprint density at radius 1 is 1.07 bits per heavy atom. The molecule has 0 spiro atoms. The molecule has 0 atom stereocenters. The highest BCUT2D eigenvalue weighted by atomic mass is 16.5. The number of hydrogen-bond donors (Lipinski definition) is 0. The Balaban J connectivity index is 1.72. The van der Waals surface area contributed by atoms with E-state index < -0.39 is 0 Å². The van der Waals surface area contributed by atoms with Crippen LogP contribution in [0.2, 0.25) is 0 Å². The van der Waals surface area contributed by atoms with Gasteiger partial charge in [0.1, 0.15) is 6.61 Å². The minimum atomic E-state index is 0.400. The number of nitrogens with zero attached hydrogens (tertiary/aromatic N) is 5. The average Bonchev–Trinajstić information content (AvgIpc) is 3.12. The third-order valence-electron chi connectivity index (χ3n) is 5.23. The van der Waals surface area contributed by atoms with Crippen molar-refractivity contribution < 1.29 is 4.74 Å². The zero-order valence-corrected chi connectivity index (χ0v) is 15.5. The lowest BCUT2D eigenvalue weighted by molar-refractivity contribution is 0.177. The van der Waals surface area contributed by atoms with Crippen LogP contribution in [0, 0.1) is 6.92 Å². The average molecular weight is 359 g/mol. The van der Waals surface area contributed by atoms with Gasteiger partial charge in [0.25, 0.3) is 0 Å². The summed E-state index contributed by atoms with van der Waals surface area (Å²) < 4.78 is 7.41. The van der Waals surface area contributed by atoms with Gasteiger partial charge >= 0.3 is 0 Å². The molecule has 0 radical (unpaired) electrons. The molecule has 6 nitrogen and oxygen atoms in total. The Labute approximate surface area is 157 Å². The Hall–Kier alpha value is -2.99. The Morgan fingerprint density at radius 3 is 2.78 bits per heavy atom. The summed E-state index contributed by atoms with van der Waals surface area (Å²) in [7, 11) is 1.68. The molecule has 0 saturated carbocycles. The van der Waals surface area contributed by atoms with Crippen LogP contribution < -0.4 is 4.90 Å². The smallest absolute Gasteiger partial charge is 0.213 e. The van der Waals surface area contributed by atoms with E-state index in [0.717, 1.165) is 47.8 Å². The summed E-state index contributed by atoms with van der Waals surface area (Å²) in [6.07, 6.45) is 1.01. The number of hydrogen-bond acceptors (Lipinski definition) is 5. The van der Waals surface area contributed by atoms with E-state index in [0.29, 0.717) is 6.61 Å². The van der Waals surface area contributed by atoms with Gasteiger partial charge in [0.2, 0.25) is 5.95 Å². The number of anilines is 1. The predicted octanol–water partition coefficient (Wildman–Crippen LogP) is 3.30. The lowest BCUT2D eigenvalue weighted by Crippen LogP contribution is -2.32. The number of aromatic nitrogens is 4. The van der Waals surface area contributed by atoms with Gasteiger partial charge in [0, 0.05) is 25.6 Å². The van der Waals surface area contributed by atoms with Crippen molar-refractivity contribution >= 4 is 22.5 Å². The number of aryl methyl sites for hydroxylation is 1. The van der Waals surface area contributed by atoms with Crippen molar-refractivity contribution in [3.8, 4) is 0 Å². The summed E-state index contributed by atoms with van der Waals surface area (Å²) >= 11 is 0. The first-order valence-corrected chi connectivity index (χ1v) is 9.19. The second kappa shape index (κ2) is 6.32. The third-order valence-corrected chi connectivity index (χ3v) is 5.23. The summed E-state index contributed by atoms with van der Waals surface area (Å²) in [5, 5.41) is 9.88. The normalized spacial score (nSPS) is 14.1. The van der Waals surface area contributed by atoms with Crippen molar-refractivity contribution in [3.05, 3.63) is 65.0 Å². The van der Waals surface area contributed by atoms with E-state index in [4.69, 9.17) is 9.72 Å². The van der Waals surface area contributed by atoms with Gasteiger partial charge in [-0.15, -0.1) is 10.2 Å². The Morgan fingerprint density at radius 2 is 1.93 bits per heavy atom. The summed E-state index contributed by atoms with van der Waals surface area (Å²) in [6, 6.07) is 14.9. The molecular weight excluding hydrogens is 338 g/mol. The molecule has 1 aliphatic heterocycles. The summed E-state index contributed by atoms with van der Waals surface area (Å²) in [4.78, 5) is 7.33. The highest BCUT2D eigenvalue weighted by Crippen LogP contribution is 2.28. The molecule has 3 heterocycles. The standard InChI is InChI=1S/C21H21N5O/c1-14-7-8-18-17(11-14)20-24-23-19(13-27-2)26(20)21(22-18)25-10-9-15-5-3-4-6-16(15)12-25/h3-8,11H,9-10,12-13H2,1-2H3. The van der Waals surface area contributed by atoms with Crippen molar-refractivity contribution in [1.82, 2.24) is 19.6 Å². The Kier molecular flexibility index (Phi) is 3.79. The molecule has 0 bridgehead atoms. The highest BCUT2D eigenvalue weighted by molar-refractivity contribution is 5.93. The van der Waals surface area contributed by atoms with Crippen molar-refractivity contribution in [3.63, 3.8) is 0 Å². The van der Waals surface area contributed by atoms with E-state index in [1.54, 1.807) is 7.11 Å². The molecule has 0 unspecified atom stereocenters. The van der Waals surface area contributed by atoms with Crippen LogP contribution in [0.15, 0.2) is 42.5 Å². The number of fused-ring (bicyclic) bond motifs is 4. The first kappa shape index (κ1) is 16.2. The van der Waals surface area contributed by atoms with E-state index in [2.05, 4.69) is 68.9 Å². The molecule has 136 valence electrons. The lowest BCUT2D eigenvalue weighted by Gasteiger charge is -2.30. The molecule has 5 rings (SSSR count). The minimum Gasteiger partial charge on any atom is -0.377 e. The fraction of sp³-hybridized carbons (Fsp3) is 0.286. The highest BCUT2D eigenvalue weighted by Gasteiger charge is 2.23. The number of ether oxygens (including phenoxy) is 1. The van der Waals surface area contributed by atoms with Crippen LogP contribution in [-0.4, -0.2) is 33.2 Å². The van der Waals surface area contributed by atoms with Gasteiger partial charge < -0.3 is 9.64 Å². The van der Waals surface area contributed by atoms with Gasteiger partial charge in [-0.1, -0.05) is 35.9 Å². The van der Waals surface area contributed by atoms with E-state index in [1.165, 1.54) is 16.7 Å². The van der Waals surface area contributed by atoms with Gasteiger partial charge in [-0.2, -0.15) is 0 Å². The zero-order chi connectivity index (χ0) is 18.4. The van der Waals surface area contributed by atoms with E-state index in [-0.39, 0.29) is 0 Å². The van der Waals surface area contributed by atoms with Crippen LogP contribution in [0.25, 0.3) is 16.6 Å². The Bertz CT molecular complexity index is 1150. The molecule has 27 heavy (non-hydrogen) atoms. The second-order valence-electron chi connectivity index (χ2n) is 7.08. The maximum atomic E-state index is 5.36. The van der Waals surface area contributed by atoms with Crippen molar-refractivity contribution in [1.29, 1.82) is 0 Å². The molecule has 0 fully saturated rings. The van der Waals surface area contributed by atoms with Crippen LogP contribution in [0.1, 0.15) is 22.5 Å². The molecule has 6 heteroatoms. The van der Waals surface area contributed by atoms with E-state index in [9.17, 15) is 0 Å². The number of methoxy groups -OCH3 is 1. The molecule has 0 aliphatic carbocycles. The molecule has 4 aromatic rings. The SMILES string of the molecule is COCc1nnc2c3cc(C)ccc3nc(N3CCc4ccccc4C3)n12. The molecule has 1 aliphatic rings. The van der Waals surface area contributed by atoms with E-state index in [1.807, 2.05) is 0 Å². The summed E-state index contributed by atoms with van der Waals surface area (Å²) in [5.41, 5.74) is 5.73. The van der Waals surface area contributed by atoms with Crippen LogP contribution in [0.4, 0.5) is 5.95 Å². The van der Waals surface area contributed by atoms with Crippen LogP contribution in [-0.2, 0) is 24.3 Å². The first-order chi connectivity index (χ1) is 13.2.